The Hall–Kier alpha value is -3.08. The number of nitrogens with one attached hydrogen (secondary N) is 2. The number of para-hydroxylation sites is 1. The van der Waals surface area contributed by atoms with E-state index in [2.05, 4.69) is 55.3 Å². The number of aromatic amines is 1. The zero-order valence-corrected chi connectivity index (χ0v) is 16.8. The van der Waals surface area contributed by atoms with Crippen molar-refractivity contribution in [2.24, 2.45) is 5.10 Å². The van der Waals surface area contributed by atoms with Gasteiger partial charge in [0, 0.05) is 22.7 Å². The fourth-order valence-corrected chi connectivity index (χ4v) is 3.22. The molecule has 0 radical (unpaired) electrons. The van der Waals surface area contributed by atoms with E-state index in [1.54, 1.807) is 6.21 Å². The average Bonchev–Trinajstić information content (AvgIpc) is 3.15. The van der Waals surface area contributed by atoms with E-state index in [4.69, 9.17) is 4.74 Å². The third-order valence-electron chi connectivity index (χ3n) is 4.69. The summed E-state index contributed by atoms with van der Waals surface area (Å²) in [6.07, 6.45) is 3.53. The van der Waals surface area contributed by atoms with Crippen LogP contribution >= 0.6 is 0 Å². The van der Waals surface area contributed by atoms with Gasteiger partial charge in [0.25, 0.3) is 5.91 Å². The van der Waals surface area contributed by atoms with Crippen molar-refractivity contribution in [3.63, 3.8) is 0 Å². The lowest BCUT2D eigenvalue weighted by Crippen LogP contribution is -2.25. The third kappa shape index (κ3) is 4.42. The first-order chi connectivity index (χ1) is 13.5. The number of hydrazone groups is 1. The van der Waals surface area contributed by atoms with Gasteiger partial charge in [-0.15, -0.1) is 0 Å². The first-order valence-electron chi connectivity index (χ1n) is 9.61. The zero-order valence-electron chi connectivity index (χ0n) is 16.8. The number of benzene rings is 2. The molecule has 0 fully saturated rings. The van der Waals surface area contributed by atoms with Gasteiger partial charge in [-0.05, 0) is 35.1 Å². The molecule has 2 aromatic carbocycles. The normalized spacial score (nSPS) is 11.6. The van der Waals surface area contributed by atoms with Gasteiger partial charge in [-0.1, -0.05) is 58.0 Å². The third-order valence-corrected chi connectivity index (χ3v) is 4.69. The van der Waals surface area contributed by atoms with Crippen LogP contribution in [0.2, 0.25) is 0 Å². The van der Waals surface area contributed by atoms with E-state index >= 15 is 0 Å². The largest absolute Gasteiger partial charge is 0.483 e. The Morgan fingerprint density at radius 2 is 1.75 bits per heavy atom. The van der Waals surface area contributed by atoms with Gasteiger partial charge in [-0.2, -0.15) is 5.10 Å². The molecule has 3 rings (SSSR count). The van der Waals surface area contributed by atoms with Crippen molar-refractivity contribution < 1.29 is 9.53 Å². The second-order valence-corrected chi connectivity index (χ2v) is 7.44. The van der Waals surface area contributed by atoms with Crippen LogP contribution in [0.4, 0.5) is 0 Å². The molecule has 0 unspecified atom stereocenters. The van der Waals surface area contributed by atoms with Crippen molar-refractivity contribution in [2.45, 2.75) is 39.5 Å². The lowest BCUT2D eigenvalue weighted by atomic mass is 9.94. The maximum absolute atomic E-state index is 12.2. The maximum Gasteiger partial charge on any atom is 0.277 e. The minimum atomic E-state index is -0.286. The molecule has 2 N–H and O–H groups in total. The summed E-state index contributed by atoms with van der Waals surface area (Å²) in [7, 11) is 0. The summed E-state index contributed by atoms with van der Waals surface area (Å²) in [5, 5.41) is 5.14. The Kier molecular flexibility index (Phi) is 6.14. The van der Waals surface area contributed by atoms with Crippen LogP contribution in [-0.4, -0.2) is 23.7 Å². The number of fused-ring (bicyclic) bond motifs is 1. The molecule has 3 aromatic rings. The molecule has 0 atom stereocenters. The van der Waals surface area contributed by atoms with Crippen LogP contribution in [0, 0.1) is 0 Å². The van der Waals surface area contributed by atoms with E-state index in [0.717, 1.165) is 33.3 Å². The molecule has 1 heterocycles. The van der Waals surface area contributed by atoms with Gasteiger partial charge in [0.15, 0.2) is 6.61 Å². The highest BCUT2D eigenvalue weighted by Gasteiger charge is 2.16. The summed E-state index contributed by atoms with van der Waals surface area (Å²) in [4.78, 5) is 15.4. The predicted octanol–water partition coefficient (Wildman–Crippen LogP) is 4.94. The van der Waals surface area contributed by atoms with E-state index in [0.29, 0.717) is 11.8 Å². The number of H-pyrrole nitrogens is 1. The lowest BCUT2D eigenvalue weighted by Gasteiger charge is -2.19. The van der Waals surface area contributed by atoms with Gasteiger partial charge in [0.2, 0.25) is 0 Å². The fourth-order valence-electron chi connectivity index (χ4n) is 3.22. The number of aromatic nitrogens is 1. The molecule has 146 valence electrons. The number of carbonyl (C=O) groups excluding carboxylic acids is 1. The van der Waals surface area contributed by atoms with E-state index in [-0.39, 0.29) is 12.5 Å². The van der Waals surface area contributed by atoms with Crippen LogP contribution in [-0.2, 0) is 4.79 Å². The average molecular weight is 377 g/mol. The number of hydrogen-bond donors (Lipinski definition) is 2. The van der Waals surface area contributed by atoms with Crippen molar-refractivity contribution in [2.75, 3.05) is 6.61 Å². The smallest absolute Gasteiger partial charge is 0.277 e. The van der Waals surface area contributed by atoms with Gasteiger partial charge in [0.05, 0.1) is 6.21 Å². The summed E-state index contributed by atoms with van der Waals surface area (Å²) in [6, 6.07) is 14.0. The minimum Gasteiger partial charge on any atom is -0.483 e. The fraction of sp³-hybridized carbons (Fsp3) is 0.304. The molecule has 1 aromatic heterocycles. The molecule has 0 spiro atoms. The van der Waals surface area contributed by atoms with E-state index in [9.17, 15) is 4.79 Å². The molecule has 0 aliphatic heterocycles. The number of nitrogens with zero attached hydrogens (tertiary/aromatic N) is 1. The Bertz CT molecular complexity index is 960. The SMILES string of the molecule is CC(C)c1cccc(C(C)C)c1OCC(=O)NN=Cc1cccc2[nH]ccc12. The van der Waals surface area contributed by atoms with E-state index < -0.39 is 0 Å². The Morgan fingerprint density at radius 3 is 2.43 bits per heavy atom. The molecule has 28 heavy (non-hydrogen) atoms. The van der Waals surface area contributed by atoms with Crippen LogP contribution in [0.1, 0.15) is 56.2 Å². The van der Waals surface area contributed by atoms with E-state index in [1.807, 2.05) is 36.5 Å². The van der Waals surface area contributed by atoms with Crippen LogP contribution in [0.5, 0.6) is 5.75 Å². The Labute approximate surface area is 165 Å². The lowest BCUT2D eigenvalue weighted by molar-refractivity contribution is -0.123. The molecule has 0 aliphatic carbocycles. The van der Waals surface area contributed by atoms with Gasteiger partial charge in [-0.3, -0.25) is 4.79 Å². The predicted molar refractivity (Wildman–Crippen MR) is 114 cm³/mol. The molecule has 5 nitrogen and oxygen atoms in total. The Morgan fingerprint density at radius 1 is 1.07 bits per heavy atom. The van der Waals surface area contributed by atoms with Crippen LogP contribution in [0.15, 0.2) is 53.8 Å². The molecule has 0 saturated carbocycles. The number of amides is 1. The van der Waals surface area contributed by atoms with Gasteiger partial charge in [-0.25, -0.2) is 5.43 Å². The molecule has 1 amide bonds. The summed E-state index contributed by atoms with van der Waals surface area (Å²) < 4.78 is 5.92. The first-order valence-corrected chi connectivity index (χ1v) is 9.61. The highest BCUT2D eigenvalue weighted by molar-refractivity contribution is 5.98. The second-order valence-electron chi connectivity index (χ2n) is 7.44. The van der Waals surface area contributed by atoms with Crippen LogP contribution < -0.4 is 10.2 Å². The van der Waals surface area contributed by atoms with Crippen molar-refractivity contribution in [3.05, 3.63) is 65.4 Å². The molecular formula is C23H27N3O2. The maximum atomic E-state index is 12.2. The summed E-state index contributed by atoms with van der Waals surface area (Å²) in [5.41, 5.74) is 6.75. The zero-order chi connectivity index (χ0) is 20.1. The molecule has 0 aliphatic rings. The topological polar surface area (TPSA) is 66.5 Å². The molecule has 0 bridgehead atoms. The van der Waals surface area contributed by atoms with Crippen LogP contribution in [0.3, 0.4) is 0 Å². The number of hydrogen-bond acceptors (Lipinski definition) is 3. The van der Waals surface area contributed by atoms with Crippen molar-refractivity contribution in [1.29, 1.82) is 0 Å². The quantitative estimate of drug-likeness (QED) is 0.452. The summed E-state index contributed by atoms with van der Waals surface area (Å²) >= 11 is 0. The van der Waals surface area contributed by atoms with Gasteiger partial charge >= 0.3 is 0 Å². The van der Waals surface area contributed by atoms with Gasteiger partial charge < -0.3 is 9.72 Å². The van der Waals surface area contributed by atoms with E-state index in [1.165, 1.54) is 0 Å². The minimum absolute atomic E-state index is 0.0743. The second kappa shape index (κ2) is 8.74. The van der Waals surface area contributed by atoms with Crippen molar-refractivity contribution >= 4 is 23.0 Å². The highest BCUT2D eigenvalue weighted by Crippen LogP contribution is 2.34. The van der Waals surface area contributed by atoms with Crippen molar-refractivity contribution in [3.8, 4) is 5.75 Å². The van der Waals surface area contributed by atoms with Gasteiger partial charge in [0.1, 0.15) is 5.75 Å². The first kappa shape index (κ1) is 19.7. The van der Waals surface area contributed by atoms with Crippen molar-refractivity contribution in [1.82, 2.24) is 10.4 Å². The standard InChI is InChI=1S/C23H27N3O2/c1-15(2)18-8-6-9-19(16(3)4)23(18)28-14-22(27)26-25-13-17-7-5-10-21-20(17)11-12-24-21/h5-13,15-16,24H,14H2,1-4H3,(H,26,27). The number of carbonyl (C=O) groups is 1. The summed E-state index contributed by atoms with van der Waals surface area (Å²) in [6.45, 7) is 8.42. The monoisotopic (exact) mass is 377 g/mol. The molecule has 5 heteroatoms. The molecular weight excluding hydrogens is 350 g/mol. The number of ether oxygens (including phenoxy) is 1. The Balaban J connectivity index is 1.66. The highest BCUT2D eigenvalue weighted by atomic mass is 16.5. The molecule has 0 saturated heterocycles. The number of rotatable bonds is 7. The summed E-state index contributed by atoms with van der Waals surface area (Å²) in [5.74, 6) is 1.16. The van der Waals surface area contributed by atoms with Crippen LogP contribution in [0.25, 0.3) is 10.9 Å².